The molecule has 0 saturated heterocycles. The highest BCUT2D eigenvalue weighted by atomic mass is 32.2. The zero-order valence-electron chi connectivity index (χ0n) is 14.4. The third-order valence-corrected chi connectivity index (χ3v) is 5.29. The van der Waals surface area contributed by atoms with E-state index in [4.69, 9.17) is 9.47 Å². The third-order valence-electron chi connectivity index (χ3n) is 3.93. The van der Waals surface area contributed by atoms with Crippen molar-refractivity contribution in [2.75, 3.05) is 36.4 Å². The van der Waals surface area contributed by atoms with Gasteiger partial charge in [-0.3, -0.25) is 4.72 Å². The molecule has 1 aliphatic heterocycles. The van der Waals surface area contributed by atoms with E-state index in [0.29, 0.717) is 30.4 Å². The summed E-state index contributed by atoms with van der Waals surface area (Å²) >= 11 is 0. The summed E-state index contributed by atoms with van der Waals surface area (Å²) in [5.41, 5.74) is 1.20. The average molecular weight is 362 g/mol. The van der Waals surface area contributed by atoms with Crippen molar-refractivity contribution in [3.8, 4) is 11.5 Å². The van der Waals surface area contributed by atoms with Crippen molar-refractivity contribution >= 4 is 21.4 Å². The van der Waals surface area contributed by atoms with Gasteiger partial charge in [-0.15, -0.1) is 0 Å². The number of rotatable bonds is 6. The molecule has 0 unspecified atom stereocenters. The molecule has 0 amide bonds. The molecule has 2 aromatic rings. The van der Waals surface area contributed by atoms with Crippen molar-refractivity contribution in [2.45, 2.75) is 18.2 Å². The molecule has 134 valence electrons. The number of benzene rings is 2. The van der Waals surface area contributed by atoms with Gasteiger partial charge in [0.15, 0.2) is 0 Å². The number of anilines is 2. The number of sulfonamides is 1. The molecule has 0 saturated carbocycles. The Bertz CT molecular complexity index is 852. The lowest BCUT2D eigenvalue weighted by atomic mass is 10.2. The molecule has 0 bridgehead atoms. The van der Waals surface area contributed by atoms with Crippen molar-refractivity contribution in [2.24, 2.45) is 0 Å². The van der Waals surface area contributed by atoms with E-state index in [1.54, 1.807) is 36.4 Å². The number of likely N-dealkylation sites (N-methyl/N-ethyl adjacent to an activating group) is 1. The van der Waals surface area contributed by atoms with E-state index < -0.39 is 10.0 Å². The van der Waals surface area contributed by atoms with E-state index in [1.807, 2.05) is 24.9 Å². The zero-order chi connectivity index (χ0) is 17.9. The van der Waals surface area contributed by atoms with Gasteiger partial charge in [0.2, 0.25) is 0 Å². The second-order valence-corrected chi connectivity index (χ2v) is 7.53. The van der Waals surface area contributed by atoms with E-state index >= 15 is 0 Å². The fourth-order valence-corrected chi connectivity index (χ4v) is 3.68. The molecule has 0 spiro atoms. The second kappa shape index (κ2) is 7.23. The van der Waals surface area contributed by atoms with Crippen LogP contribution in [-0.4, -0.2) is 35.2 Å². The van der Waals surface area contributed by atoms with Crippen molar-refractivity contribution in [1.82, 2.24) is 0 Å². The van der Waals surface area contributed by atoms with Crippen LogP contribution in [0.1, 0.15) is 13.3 Å². The first-order valence-corrected chi connectivity index (χ1v) is 9.72. The van der Waals surface area contributed by atoms with Crippen LogP contribution in [-0.2, 0) is 10.0 Å². The topological polar surface area (TPSA) is 67.9 Å². The molecule has 1 heterocycles. The monoisotopic (exact) mass is 362 g/mol. The van der Waals surface area contributed by atoms with Gasteiger partial charge in [0.1, 0.15) is 18.1 Å². The van der Waals surface area contributed by atoms with Crippen molar-refractivity contribution in [1.29, 1.82) is 0 Å². The third kappa shape index (κ3) is 3.82. The highest BCUT2D eigenvalue weighted by molar-refractivity contribution is 7.92. The van der Waals surface area contributed by atoms with Gasteiger partial charge in [-0.25, -0.2) is 8.42 Å². The first-order chi connectivity index (χ1) is 12.0. The minimum Gasteiger partial charge on any atom is -0.491 e. The van der Waals surface area contributed by atoms with Crippen molar-refractivity contribution < 1.29 is 17.9 Å². The fourth-order valence-electron chi connectivity index (χ4n) is 2.59. The molecule has 25 heavy (non-hydrogen) atoms. The molecular weight excluding hydrogens is 340 g/mol. The lowest BCUT2D eigenvalue weighted by Gasteiger charge is -2.28. The van der Waals surface area contributed by atoms with Crippen LogP contribution in [0.5, 0.6) is 11.5 Å². The number of fused-ring (bicyclic) bond motifs is 1. The Hall–Kier alpha value is -2.41. The van der Waals surface area contributed by atoms with Crippen LogP contribution in [0.2, 0.25) is 0 Å². The van der Waals surface area contributed by atoms with E-state index in [2.05, 4.69) is 4.72 Å². The maximum Gasteiger partial charge on any atom is 0.262 e. The smallest absolute Gasteiger partial charge is 0.262 e. The van der Waals surface area contributed by atoms with E-state index in [9.17, 15) is 8.42 Å². The minimum atomic E-state index is -3.73. The summed E-state index contributed by atoms with van der Waals surface area (Å²) in [6.45, 7) is 3.84. The summed E-state index contributed by atoms with van der Waals surface area (Å²) in [6, 6.07) is 11.9. The molecular formula is C18H22N2O4S. The quantitative estimate of drug-likeness (QED) is 0.855. The fraction of sp³-hybridized carbons (Fsp3) is 0.333. The first kappa shape index (κ1) is 17.4. The standard InChI is InChI=1S/C18H22N2O4S/c1-3-11-23-17-7-5-4-6-15(17)19-25(21,22)14-8-9-18-16(13-14)20(2)10-12-24-18/h4-9,13,19H,3,10-12H2,1-2H3. The van der Waals surface area contributed by atoms with E-state index in [0.717, 1.165) is 18.7 Å². The van der Waals surface area contributed by atoms with Crippen molar-refractivity contribution in [3.63, 3.8) is 0 Å². The normalized spacial score (nSPS) is 13.8. The molecule has 0 aliphatic carbocycles. The minimum absolute atomic E-state index is 0.189. The molecule has 0 atom stereocenters. The first-order valence-electron chi connectivity index (χ1n) is 8.24. The maximum atomic E-state index is 12.8. The van der Waals surface area contributed by atoms with Gasteiger partial charge in [-0.2, -0.15) is 0 Å². The Morgan fingerprint density at radius 3 is 2.84 bits per heavy atom. The van der Waals surface area contributed by atoms with Gasteiger partial charge in [-0.05, 0) is 36.8 Å². The summed E-state index contributed by atoms with van der Waals surface area (Å²) in [6.07, 6.45) is 0.845. The van der Waals surface area contributed by atoms with Gasteiger partial charge in [0.05, 0.1) is 29.4 Å². The van der Waals surface area contributed by atoms with Gasteiger partial charge in [0, 0.05) is 7.05 Å². The number of nitrogens with one attached hydrogen (secondary N) is 1. The molecule has 2 aromatic carbocycles. The number of hydrogen-bond donors (Lipinski definition) is 1. The van der Waals surface area contributed by atoms with Crippen LogP contribution in [0.25, 0.3) is 0 Å². The van der Waals surface area contributed by atoms with Crippen LogP contribution >= 0.6 is 0 Å². The van der Waals surface area contributed by atoms with E-state index in [-0.39, 0.29) is 4.90 Å². The predicted octanol–water partition coefficient (Wildman–Crippen LogP) is 3.10. The highest BCUT2D eigenvalue weighted by Gasteiger charge is 2.21. The summed E-state index contributed by atoms with van der Waals surface area (Å²) in [5.74, 6) is 1.21. The summed E-state index contributed by atoms with van der Waals surface area (Å²) in [4.78, 5) is 2.17. The van der Waals surface area contributed by atoms with Crippen molar-refractivity contribution in [3.05, 3.63) is 42.5 Å². The van der Waals surface area contributed by atoms with Gasteiger partial charge in [0.25, 0.3) is 10.0 Å². The number of para-hydroxylation sites is 2. The SMILES string of the molecule is CCCOc1ccccc1NS(=O)(=O)c1ccc2c(c1)N(C)CCO2. The van der Waals surface area contributed by atoms with Gasteiger partial charge in [-0.1, -0.05) is 19.1 Å². The molecule has 0 aromatic heterocycles. The van der Waals surface area contributed by atoms with Crippen LogP contribution in [0.4, 0.5) is 11.4 Å². The van der Waals surface area contributed by atoms with Crippen LogP contribution in [0.3, 0.4) is 0 Å². The highest BCUT2D eigenvalue weighted by Crippen LogP contribution is 2.34. The predicted molar refractivity (Wildman–Crippen MR) is 98.2 cm³/mol. The zero-order valence-corrected chi connectivity index (χ0v) is 15.2. The van der Waals surface area contributed by atoms with Crippen LogP contribution in [0.15, 0.2) is 47.4 Å². The lowest BCUT2D eigenvalue weighted by molar-refractivity contribution is 0.311. The Kier molecular flexibility index (Phi) is 5.03. The largest absolute Gasteiger partial charge is 0.491 e. The molecule has 7 heteroatoms. The number of nitrogens with zero attached hydrogens (tertiary/aromatic N) is 1. The molecule has 1 aliphatic rings. The summed E-state index contributed by atoms with van der Waals surface area (Å²) < 4.78 is 39.4. The number of ether oxygens (including phenoxy) is 2. The number of hydrogen-bond acceptors (Lipinski definition) is 5. The van der Waals surface area contributed by atoms with E-state index in [1.165, 1.54) is 0 Å². The Labute approximate surface area is 148 Å². The maximum absolute atomic E-state index is 12.8. The van der Waals surface area contributed by atoms with Crippen LogP contribution < -0.4 is 19.1 Å². The Morgan fingerprint density at radius 1 is 1.24 bits per heavy atom. The van der Waals surface area contributed by atoms with Crippen LogP contribution in [0, 0.1) is 0 Å². The average Bonchev–Trinajstić information content (AvgIpc) is 2.61. The Balaban J connectivity index is 1.89. The Morgan fingerprint density at radius 2 is 2.04 bits per heavy atom. The summed E-state index contributed by atoms with van der Waals surface area (Å²) in [5, 5.41) is 0. The second-order valence-electron chi connectivity index (χ2n) is 5.85. The molecule has 6 nitrogen and oxygen atoms in total. The molecule has 1 N–H and O–H groups in total. The molecule has 0 fully saturated rings. The lowest BCUT2D eigenvalue weighted by Crippen LogP contribution is -2.29. The summed E-state index contributed by atoms with van der Waals surface area (Å²) in [7, 11) is -1.81. The molecule has 0 radical (unpaired) electrons. The van der Waals surface area contributed by atoms with Gasteiger partial charge < -0.3 is 14.4 Å². The molecule has 3 rings (SSSR count). The van der Waals surface area contributed by atoms with Gasteiger partial charge >= 0.3 is 0 Å².